The summed E-state index contributed by atoms with van der Waals surface area (Å²) in [4.78, 5) is 22.8. The number of para-hydroxylation sites is 1. The van der Waals surface area contributed by atoms with Gasteiger partial charge in [0, 0.05) is 13.1 Å². The van der Waals surface area contributed by atoms with Gasteiger partial charge in [-0.25, -0.2) is 14.6 Å². The summed E-state index contributed by atoms with van der Waals surface area (Å²) in [5.41, 5.74) is 2.93. The zero-order valence-electron chi connectivity index (χ0n) is 15.6. The molecule has 7 heteroatoms. The van der Waals surface area contributed by atoms with Crippen LogP contribution in [-0.2, 0) is 4.79 Å². The molecule has 0 N–H and O–H groups in total. The fourth-order valence-electron chi connectivity index (χ4n) is 2.88. The Hall–Kier alpha value is -3.32. The lowest BCUT2D eigenvalue weighted by molar-refractivity contribution is -0.126. The maximum atomic E-state index is 12.6. The zero-order valence-corrected chi connectivity index (χ0v) is 16.4. The maximum Gasteiger partial charge on any atom is 0.246 e. The molecule has 4 aromatic rings. The van der Waals surface area contributed by atoms with Crippen molar-refractivity contribution in [3.63, 3.8) is 0 Å². The number of hydrogen-bond donors (Lipinski definition) is 0. The molecule has 0 saturated carbocycles. The van der Waals surface area contributed by atoms with Gasteiger partial charge in [-0.05, 0) is 42.8 Å². The van der Waals surface area contributed by atoms with E-state index in [1.54, 1.807) is 46.4 Å². The van der Waals surface area contributed by atoms with Crippen molar-refractivity contribution in [2.24, 2.45) is 0 Å². The minimum atomic E-state index is -0.0629. The molecule has 4 rings (SSSR count). The third kappa shape index (κ3) is 3.70. The van der Waals surface area contributed by atoms with Gasteiger partial charge in [0.05, 0.1) is 21.9 Å². The van der Waals surface area contributed by atoms with Crippen LogP contribution in [-0.4, -0.2) is 37.6 Å². The van der Waals surface area contributed by atoms with Crippen molar-refractivity contribution in [2.45, 2.75) is 13.0 Å². The molecule has 0 bridgehead atoms. The van der Waals surface area contributed by atoms with E-state index in [2.05, 4.69) is 15.1 Å². The predicted molar refractivity (Wildman–Crippen MR) is 111 cm³/mol. The molecule has 0 fully saturated rings. The van der Waals surface area contributed by atoms with E-state index in [9.17, 15) is 4.79 Å². The summed E-state index contributed by atoms with van der Waals surface area (Å²) in [7, 11) is 1.81. The van der Waals surface area contributed by atoms with E-state index in [1.165, 1.54) is 6.33 Å². The summed E-state index contributed by atoms with van der Waals surface area (Å²) in [6.07, 6.45) is 6.52. The van der Waals surface area contributed by atoms with Crippen LogP contribution in [0.3, 0.4) is 0 Å². The van der Waals surface area contributed by atoms with Crippen LogP contribution in [0.2, 0.25) is 0 Å². The molecule has 6 nitrogen and oxygen atoms in total. The summed E-state index contributed by atoms with van der Waals surface area (Å²) in [6, 6.07) is 15.8. The van der Waals surface area contributed by atoms with Crippen molar-refractivity contribution in [2.75, 3.05) is 7.05 Å². The Bertz CT molecular complexity index is 1080. The van der Waals surface area contributed by atoms with Crippen LogP contribution < -0.4 is 0 Å². The normalized spacial score (nSPS) is 12.5. The van der Waals surface area contributed by atoms with Crippen LogP contribution in [0.4, 0.5) is 0 Å². The van der Waals surface area contributed by atoms with Gasteiger partial charge in [-0.15, -0.1) is 11.3 Å². The molecule has 1 atom stereocenters. The molecule has 0 spiro atoms. The van der Waals surface area contributed by atoms with Crippen LogP contribution >= 0.6 is 11.3 Å². The highest BCUT2D eigenvalue weighted by molar-refractivity contribution is 7.19. The Morgan fingerprint density at radius 3 is 2.68 bits per heavy atom. The number of hydrogen-bond acceptors (Lipinski definition) is 5. The van der Waals surface area contributed by atoms with Crippen LogP contribution in [0.25, 0.3) is 22.0 Å². The summed E-state index contributed by atoms with van der Waals surface area (Å²) in [6.45, 7) is 2.01. The number of likely N-dealkylation sites (N-methyl/N-ethyl adjacent to an activating group) is 1. The quantitative estimate of drug-likeness (QED) is 0.482. The molecule has 2 aromatic carbocycles. The van der Waals surface area contributed by atoms with Crippen molar-refractivity contribution < 1.29 is 4.79 Å². The maximum absolute atomic E-state index is 12.6. The van der Waals surface area contributed by atoms with Crippen molar-refractivity contribution in [1.82, 2.24) is 24.6 Å². The number of carbonyl (C=O) groups excluding carboxylic acids is 1. The van der Waals surface area contributed by atoms with Crippen LogP contribution in [0, 0.1) is 0 Å². The van der Waals surface area contributed by atoms with Gasteiger partial charge >= 0.3 is 0 Å². The van der Waals surface area contributed by atoms with E-state index in [0.29, 0.717) is 0 Å². The molecule has 0 aliphatic carbocycles. The standard InChI is InChI=1S/C21H19N5OS/c1-15(16-7-9-17(10-8-16)26-14-22-13-23-26)25(2)21(27)12-11-20-24-18-5-3-4-6-19(18)28-20/h3-15H,1-2H3/b12-11+. The van der Waals surface area contributed by atoms with Crippen molar-refractivity contribution in [3.8, 4) is 5.69 Å². The third-order valence-electron chi connectivity index (χ3n) is 4.67. The molecule has 2 heterocycles. The minimum Gasteiger partial charge on any atom is -0.335 e. The molecule has 140 valence electrons. The van der Waals surface area contributed by atoms with Gasteiger partial charge in [-0.3, -0.25) is 4.79 Å². The molecule has 0 saturated heterocycles. The molecule has 0 radical (unpaired) electrons. The fraction of sp³-hybridized carbons (Fsp3) is 0.143. The zero-order chi connectivity index (χ0) is 19.5. The van der Waals surface area contributed by atoms with E-state index in [1.807, 2.05) is 55.5 Å². The van der Waals surface area contributed by atoms with E-state index in [4.69, 9.17) is 0 Å². The van der Waals surface area contributed by atoms with Crippen LogP contribution in [0.15, 0.2) is 67.3 Å². The molecular formula is C21H19N5OS. The Morgan fingerprint density at radius 1 is 1.18 bits per heavy atom. The first-order valence-corrected chi connectivity index (χ1v) is 9.69. The number of amides is 1. The van der Waals surface area contributed by atoms with E-state index >= 15 is 0 Å². The predicted octanol–water partition coefficient (Wildman–Crippen LogP) is 4.11. The number of aromatic nitrogens is 4. The minimum absolute atomic E-state index is 0.0580. The lowest BCUT2D eigenvalue weighted by Crippen LogP contribution is -2.27. The molecule has 1 unspecified atom stereocenters. The molecule has 28 heavy (non-hydrogen) atoms. The van der Waals surface area contributed by atoms with E-state index < -0.39 is 0 Å². The van der Waals surface area contributed by atoms with Gasteiger partial charge in [0.15, 0.2) is 0 Å². The Labute approximate surface area is 166 Å². The lowest BCUT2D eigenvalue weighted by Gasteiger charge is -2.24. The average Bonchev–Trinajstić information content (AvgIpc) is 3.40. The summed E-state index contributed by atoms with van der Waals surface area (Å²) in [5, 5.41) is 4.95. The van der Waals surface area contributed by atoms with Gasteiger partial charge in [0.25, 0.3) is 0 Å². The van der Waals surface area contributed by atoms with Gasteiger partial charge in [0.2, 0.25) is 5.91 Å². The van der Waals surface area contributed by atoms with Gasteiger partial charge < -0.3 is 4.90 Å². The highest BCUT2D eigenvalue weighted by Gasteiger charge is 2.15. The second-order valence-corrected chi connectivity index (χ2v) is 7.47. The Kier molecular flexibility index (Phi) is 4.99. The van der Waals surface area contributed by atoms with Crippen molar-refractivity contribution in [1.29, 1.82) is 0 Å². The lowest BCUT2D eigenvalue weighted by atomic mass is 10.1. The number of nitrogens with zero attached hydrogens (tertiary/aromatic N) is 5. The highest BCUT2D eigenvalue weighted by Crippen LogP contribution is 2.23. The monoisotopic (exact) mass is 389 g/mol. The first kappa shape index (κ1) is 18.1. The van der Waals surface area contributed by atoms with E-state index in [-0.39, 0.29) is 11.9 Å². The van der Waals surface area contributed by atoms with Crippen LogP contribution in [0.1, 0.15) is 23.5 Å². The Morgan fingerprint density at radius 2 is 1.96 bits per heavy atom. The number of thiazole rings is 1. The average molecular weight is 389 g/mol. The topological polar surface area (TPSA) is 63.9 Å². The van der Waals surface area contributed by atoms with Gasteiger partial charge in [-0.1, -0.05) is 24.3 Å². The first-order valence-electron chi connectivity index (χ1n) is 8.87. The SMILES string of the molecule is CC(c1ccc(-n2cncn2)cc1)N(C)C(=O)/C=C/c1nc2ccccc2s1. The van der Waals surface area contributed by atoms with Gasteiger partial charge in [0.1, 0.15) is 17.7 Å². The second-order valence-electron chi connectivity index (χ2n) is 6.41. The number of benzene rings is 2. The number of rotatable bonds is 5. The number of fused-ring (bicyclic) bond motifs is 1. The summed E-state index contributed by atoms with van der Waals surface area (Å²) >= 11 is 1.57. The first-order chi connectivity index (χ1) is 13.6. The summed E-state index contributed by atoms with van der Waals surface area (Å²) in [5.74, 6) is -0.0629. The molecule has 2 aromatic heterocycles. The van der Waals surface area contributed by atoms with Crippen LogP contribution in [0.5, 0.6) is 0 Å². The van der Waals surface area contributed by atoms with E-state index in [0.717, 1.165) is 26.5 Å². The van der Waals surface area contributed by atoms with Crippen molar-refractivity contribution >= 4 is 33.5 Å². The molecule has 0 aliphatic heterocycles. The number of carbonyl (C=O) groups is 1. The van der Waals surface area contributed by atoms with Crippen molar-refractivity contribution in [3.05, 3.63) is 77.8 Å². The molecule has 1 amide bonds. The smallest absolute Gasteiger partial charge is 0.246 e. The second kappa shape index (κ2) is 7.74. The van der Waals surface area contributed by atoms with Gasteiger partial charge in [-0.2, -0.15) is 5.10 Å². The molecule has 0 aliphatic rings. The third-order valence-corrected chi connectivity index (χ3v) is 5.67. The largest absolute Gasteiger partial charge is 0.335 e. The highest BCUT2D eigenvalue weighted by atomic mass is 32.1. The fourth-order valence-corrected chi connectivity index (χ4v) is 3.75. The summed E-state index contributed by atoms with van der Waals surface area (Å²) < 4.78 is 2.81. The Balaban J connectivity index is 1.45. The molecular weight excluding hydrogens is 370 g/mol.